The number of nitrogens with zero attached hydrogens (tertiary/aromatic N) is 2. The summed E-state index contributed by atoms with van der Waals surface area (Å²) in [6, 6.07) is 11.9. The Bertz CT molecular complexity index is 981. The van der Waals surface area contributed by atoms with Crippen LogP contribution < -0.4 is 0 Å². The van der Waals surface area contributed by atoms with Crippen molar-refractivity contribution in [3.8, 4) is 0 Å². The second-order valence-corrected chi connectivity index (χ2v) is 9.61. The molecular weight excluding hydrogens is 364 g/mol. The molecule has 4 rings (SSSR count). The van der Waals surface area contributed by atoms with E-state index in [2.05, 4.69) is 25.8 Å². The van der Waals surface area contributed by atoms with Gasteiger partial charge in [-0.05, 0) is 48.3 Å². The van der Waals surface area contributed by atoms with Crippen molar-refractivity contribution in [2.75, 3.05) is 13.2 Å². The third kappa shape index (κ3) is 4.34. The molecule has 5 nitrogen and oxygen atoms in total. The van der Waals surface area contributed by atoms with Gasteiger partial charge in [0.2, 0.25) is 0 Å². The fourth-order valence-corrected chi connectivity index (χ4v) is 5.34. The van der Waals surface area contributed by atoms with E-state index in [0.29, 0.717) is 5.69 Å². The van der Waals surface area contributed by atoms with Crippen molar-refractivity contribution in [1.29, 1.82) is 0 Å². The fourth-order valence-electron chi connectivity index (χ4n) is 5.34. The number of amides is 1. The van der Waals surface area contributed by atoms with Crippen LogP contribution in [-0.4, -0.2) is 41.0 Å². The van der Waals surface area contributed by atoms with Gasteiger partial charge < -0.3 is 9.64 Å². The summed E-state index contributed by atoms with van der Waals surface area (Å²) in [5.41, 5.74) is 1.97. The Morgan fingerprint density at radius 3 is 2.79 bits per heavy atom. The van der Waals surface area contributed by atoms with Gasteiger partial charge >= 0.3 is 5.97 Å². The molecule has 5 heteroatoms. The first-order chi connectivity index (χ1) is 13.7. The molecule has 2 heterocycles. The lowest BCUT2D eigenvalue weighted by Crippen LogP contribution is -2.39. The summed E-state index contributed by atoms with van der Waals surface area (Å²) in [5.74, 6) is -0.621. The number of fused-ring (bicyclic) bond motifs is 3. The highest BCUT2D eigenvalue weighted by atomic mass is 16.5. The number of likely N-dealkylation sites (tertiary alicyclic amines) is 1. The van der Waals surface area contributed by atoms with E-state index >= 15 is 0 Å². The number of esters is 1. The van der Waals surface area contributed by atoms with E-state index in [4.69, 9.17) is 4.74 Å². The molecule has 2 fully saturated rings. The Kier molecular flexibility index (Phi) is 4.93. The van der Waals surface area contributed by atoms with Gasteiger partial charge in [-0.15, -0.1) is 0 Å². The molecule has 1 aliphatic carbocycles. The smallest absolute Gasteiger partial charge is 0.331 e. The number of hydrogen-bond donors (Lipinski definition) is 0. The van der Waals surface area contributed by atoms with Crippen LogP contribution in [0, 0.1) is 10.8 Å². The molecule has 0 radical (unpaired) electrons. The Morgan fingerprint density at radius 2 is 1.97 bits per heavy atom. The summed E-state index contributed by atoms with van der Waals surface area (Å²) >= 11 is 0. The van der Waals surface area contributed by atoms with Crippen LogP contribution in [-0.2, 0) is 14.3 Å². The predicted molar refractivity (Wildman–Crippen MR) is 113 cm³/mol. The molecular formula is C24H28N2O3. The van der Waals surface area contributed by atoms with Crippen molar-refractivity contribution >= 4 is 28.9 Å². The van der Waals surface area contributed by atoms with Gasteiger partial charge in [0, 0.05) is 24.0 Å². The molecule has 1 saturated heterocycles. The lowest BCUT2D eigenvalue weighted by Gasteiger charge is -2.39. The number of carbonyl (C=O) groups excluding carboxylic acids is 2. The SMILES string of the molecule is CC1(C)CC2CC(C)(CN2C(=O)COC(=O)/C=C/c2ccc3ccccc3n2)C1. The zero-order valence-corrected chi connectivity index (χ0v) is 17.4. The summed E-state index contributed by atoms with van der Waals surface area (Å²) < 4.78 is 5.21. The second kappa shape index (κ2) is 7.29. The molecule has 0 N–H and O–H groups in total. The number of hydrogen-bond acceptors (Lipinski definition) is 4. The van der Waals surface area contributed by atoms with Gasteiger partial charge in [0.25, 0.3) is 5.91 Å². The molecule has 2 unspecified atom stereocenters. The van der Waals surface area contributed by atoms with Crippen LogP contribution in [0.25, 0.3) is 17.0 Å². The van der Waals surface area contributed by atoms with E-state index in [0.717, 1.165) is 36.7 Å². The molecule has 1 amide bonds. The number of para-hydroxylation sites is 1. The molecule has 1 saturated carbocycles. The molecule has 1 aromatic heterocycles. The largest absolute Gasteiger partial charge is 0.452 e. The molecule has 2 atom stereocenters. The maximum Gasteiger partial charge on any atom is 0.331 e. The van der Waals surface area contributed by atoms with Gasteiger partial charge in [-0.3, -0.25) is 4.79 Å². The maximum absolute atomic E-state index is 12.7. The maximum atomic E-state index is 12.7. The number of carbonyl (C=O) groups is 2. The molecule has 1 aromatic carbocycles. The van der Waals surface area contributed by atoms with E-state index in [-0.39, 0.29) is 29.4 Å². The molecule has 1 aliphatic heterocycles. The Labute approximate surface area is 171 Å². The van der Waals surface area contributed by atoms with Crippen LogP contribution in [0.3, 0.4) is 0 Å². The normalized spacial score (nSPS) is 25.5. The van der Waals surface area contributed by atoms with Gasteiger partial charge in [-0.2, -0.15) is 0 Å². The minimum absolute atomic E-state index is 0.0954. The molecule has 0 spiro atoms. The van der Waals surface area contributed by atoms with Gasteiger partial charge in [0.15, 0.2) is 6.61 Å². The van der Waals surface area contributed by atoms with Gasteiger partial charge in [0.05, 0.1) is 11.2 Å². The third-order valence-corrected chi connectivity index (χ3v) is 6.08. The highest BCUT2D eigenvalue weighted by Gasteiger charge is 2.50. The zero-order chi connectivity index (χ0) is 20.6. The van der Waals surface area contributed by atoms with Gasteiger partial charge in [0.1, 0.15) is 0 Å². The highest BCUT2D eigenvalue weighted by molar-refractivity contribution is 5.89. The Morgan fingerprint density at radius 1 is 1.17 bits per heavy atom. The van der Waals surface area contributed by atoms with Crippen molar-refractivity contribution in [3.63, 3.8) is 0 Å². The first kappa shape index (κ1) is 19.6. The number of rotatable bonds is 4. The summed E-state index contributed by atoms with van der Waals surface area (Å²) in [6.07, 6.45) is 6.13. The number of pyridine rings is 1. The quantitative estimate of drug-likeness (QED) is 0.577. The topological polar surface area (TPSA) is 59.5 Å². The van der Waals surface area contributed by atoms with Crippen LogP contribution in [0.15, 0.2) is 42.5 Å². The minimum atomic E-state index is -0.526. The van der Waals surface area contributed by atoms with E-state index in [1.807, 2.05) is 41.3 Å². The molecule has 2 aromatic rings. The van der Waals surface area contributed by atoms with Crippen molar-refractivity contribution in [2.24, 2.45) is 10.8 Å². The van der Waals surface area contributed by atoms with E-state index in [1.165, 1.54) is 6.08 Å². The summed E-state index contributed by atoms with van der Waals surface area (Å²) in [4.78, 5) is 31.2. The number of benzene rings is 1. The average Bonchev–Trinajstić information content (AvgIpc) is 2.93. The van der Waals surface area contributed by atoms with Crippen molar-refractivity contribution in [3.05, 3.63) is 48.2 Å². The summed E-state index contributed by atoms with van der Waals surface area (Å²) in [5, 5.41) is 1.05. The van der Waals surface area contributed by atoms with Crippen molar-refractivity contribution in [2.45, 2.75) is 46.1 Å². The molecule has 29 heavy (non-hydrogen) atoms. The van der Waals surface area contributed by atoms with Crippen molar-refractivity contribution < 1.29 is 14.3 Å². The average molecular weight is 392 g/mol. The van der Waals surface area contributed by atoms with Gasteiger partial charge in [-0.25, -0.2) is 9.78 Å². The number of aromatic nitrogens is 1. The molecule has 2 bridgehead atoms. The van der Waals surface area contributed by atoms with Gasteiger partial charge in [-0.1, -0.05) is 45.0 Å². The van der Waals surface area contributed by atoms with Crippen LogP contribution in [0.5, 0.6) is 0 Å². The predicted octanol–water partition coefficient (Wildman–Crippen LogP) is 4.22. The Hall–Kier alpha value is -2.69. The highest BCUT2D eigenvalue weighted by Crippen LogP contribution is 2.52. The first-order valence-corrected chi connectivity index (χ1v) is 10.2. The Balaban J connectivity index is 1.33. The summed E-state index contributed by atoms with van der Waals surface area (Å²) in [7, 11) is 0. The summed E-state index contributed by atoms with van der Waals surface area (Å²) in [6.45, 7) is 7.36. The monoisotopic (exact) mass is 392 g/mol. The van der Waals surface area contributed by atoms with Crippen molar-refractivity contribution in [1.82, 2.24) is 9.88 Å². The fraction of sp³-hybridized carbons (Fsp3) is 0.458. The van der Waals surface area contributed by atoms with E-state index in [1.54, 1.807) is 6.08 Å². The molecule has 2 aliphatic rings. The lowest BCUT2D eigenvalue weighted by molar-refractivity contribution is -0.148. The standard InChI is InChI=1S/C24H28N2O3/c1-23(2)12-19-13-24(3,15-23)16-26(19)21(27)14-29-22(28)11-10-18-9-8-17-6-4-5-7-20(17)25-18/h4-11,19H,12-16H2,1-3H3/b11-10+. The van der Waals surface area contributed by atoms with E-state index < -0.39 is 5.97 Å². The van der Waals surface area contributed by atoms with Crippen LogP contribution in [0.4, 0.5) is 0 Å². The second-order valence-electron chi connectivity index (χ2n) is 9.61. The first-order valence-electron chi connectivity index (χ1n) is 10.2. The minimum Gasteiger partial charge on any atom is -0.452 e. The lowest BCUT2D eigenvalue weighted by atomic mass is 9.65. The van der Waals surface area contributed by atoms with Crippen LogP contribution >= 0.6 is 0 Å². The zero-order valence-electron chi connectivity index (χ0n) is 17.4. The molecule has 152 valence electrons. The van der Waals surface area contributed by atoms with E-state index in [9.17, 15) is 9.59 Å². The number of ether oxygens (including phenoxy) is 1. The van der Waals surface area contributed by atoms with Crippen LogP contribution in [0.1, 0.15) is 45.7 Å². The van der Waals surface area contributed by atoms with Crippen LogP contribution in [0.2, 0.25) is 0 Å². The third-order valence-electron chi connectivity index (χ3n) is 6.08.